The third kappa shape index (κ3) is 2.03. The molecular weight excluding hydrogens is 176 g/mol. The van der Waals surface area contributed by atoms with Crippen LogP contribution in [0.2, 0.25) is 0 Å². The van der Waals surface area contributed by atoms with Gasteiger partial charge in [-0.1, -0.05) is 12.8 Å². The molecule has 0 radical (unpaired) electrons. The van der Waals surface area contributed by atoms with Crippen LogP contribution in [-0.2, 0) is 4.79 Å². The molecule has 3 nitrogen and oxygen atoms in total. The lowest BCUT2D eigenvalue weighted by molar-refractivity contribution is -0.104. The van der Waals surface area contributed by atoms with Crippen molar-refractivity contribution in [3.8, 4) is 0 Å². The number of hydrogen-bond donors (Lipinski definition) is 0. The quantitative estimate of drug-likeness (QED) is 0.593. The molecule has 0 amide bonds. The van der Waals surface area contributed by atoms with E-state index in [1.807, 2.05) is 0 Å². The van der Waals surface area contributed by atoms with Crippen LogP contribution in [0.3, 0.4) is 0 Å². The summed E-state index contributed by atoms with van der Waals surface area (Å²) in [7, 11) is 0. The lowest BCUT2D eigenvalue weighted by Crippen LogP contribution is -2.30. The number of carbonyl (C=O) groups excluding carboxylic acids is 1. The number of likely N-dealkylation sites (tertiary alicyclic amines) is 1. The Morgan fingerprint density at radius 3 is 2.50 bits per heavy atom. The highest BCUT2D eigenvalue weighted by Crippen LogP contribution is 2.16. The fourth-order valence-electron chi connectivity index (χ4n) is 2.03. The maximum absolute atomic E-state index is 10.5. The molecule has 0 saturated carbocycles. The maximum atomic E-state index is 10.5. The monoisotopic (exact) mass is 192 g/mol. The molecule has 14 heavy (non-hydrogen) atoms. The van der Waals surface area contributed by atoms with Crippen LogP contribution in [0.1, 0.15) is 32.1 Å². The summed E-state index contributed by atoms with van der Waals surface area (Å²) in [4.78, 5) is 17.2. The minimum atomic E-state index is 0.740. The molecule has 2 rings (SSSR count). The van der Waals surface area contributed by atoms with Crippen molar-refractivity contribution in [1.29, 1.82) is 0 Å². The third-order valence-electron chi connectivity index (χ3n) is 2.86. The summed E-state index contributed by atoms with van der Waals surface area (Å²) in [6.45, 7) is 2.22. The Balaban J connectivity index is 1.93. The molecule has 0 atom stereocenters. The van der Waals surface area contributed by atoms with Crippen LogP contribution in [0.5, 0.6) is 0 Å². The van der Waals surface area contributed by atoms with E-state index >= 15 is 0 Å². The molecule has 2 heterocycles. The smallest absolute Gasteiger partial charge is 0.148 e. The number of hydrogen-bond acceptors (Lipinski definition) is 3. The van der Waals surface area contributed by atoms with Gasteiger partial charge in [-0.2, -0.15) is 0 Å². The second kappa shape index (κ2) is 4.40. The molecule has 0 N–H and O–H groups in total. The summed E-state index contributed by atoms with van der Waals surface area (Å²) >= 11 is 0. The Bertz CT molecular complexity index is 273. The highest BCUT2D eigenvalue weighted by molar-refractivity contribution is 5.94. The van der Waals surface area contributed by atoms with E-state index in [-0.39, 0.29) is 0 Å². The molecule has 3 heteroatoms. The van der Waals surface area contributed by atoms with Gasteiger partial charge >= 0.3 is 0 Å². The van der Waals surface area contributed by atoms with Crippen LogP contribution < -0.4 is 0 Å². The molecule has 1 fully saturated rings. The SMILES string of the molecule is O=CC1=CN=C(N2CCCCCC2)C1. The fraction of sp³-hybridized carbons (Fsp3) is 0.636. The van der Waals surface area contributed by atoms with Crippen molar-refractivity contribution in [3.63, 3.8) is 0 Å². The van der Waals surface area contributed by atoms with Crippen molar-refractivity contribution < 1.29 is 4.79 Å². The van der Waals surface area contributed by atoms with Crippen molar-refractivity contribution in [1.82, 2.24) is 4.90 Å². The van der Waals surface area contributed by atoms with Gasteiger partial charge < -0.3 is 4.90 Å². The van der Waals surface area contributed by atoms with E-state index in [1.54, 1.807) is 6.20 Å². The Morgan fingerprint density at radius 1 is 1.21 bits per heavy atom. The van der Waals surface area contributed by atoms with Gasteiger partial charge in [-0.25, -0.2) is 4.99 Å². The van der Waals surface area contributed by atoms with Crippen molar-refractivity contribution in [2.75, 3.05) is 13.1 Å². The first-order chi connectivity index (χ1) is 6.90. The molecule has 2 aliphatic rings. The summed E-state index contributed by atoms with van der Waals surface area (Å²) in [5.74, 6) is 1.09. The second-order valence-corrected chi connectivity index (χ2v) is 3.95. The standard InChI is InChI=1S/C11H16N2O/c14-9-10-7-11(12-8-10)13-5-3-1-2-4-6-13/h8-9H,1-7H2. The molecule has 0 aromatic carbocycles. The molecule has 0 spiro atoms. The molecule has 1 saturated heterocycles. The normalized spacial score (nSPS) is 22.7. The second-order valence-electron chi connectivity index (χ2n) is 3.95. The highest BCUT2D eigenvalue weighted by Gasteiger charge is 2.17. The van der Waals surface area contributed by atoms with E-state index in [4.69, 9.17) is 0 Å². The maximum Gasteiger partial charge on any atom is 0.148 e. The highest BCUT2D eigenvalue weighted by atomic mass is 16.1. The summed E-state index contributed by atoms with van der Waals surface area (Å²) in [6.07, 6.45) is 8.53. The van der Waals surface area contributed by atoms with Gasteiger partial charge in [0.1, 0.15) is 12.1 Å². The van der Waals surface area contributed by atoms with Crippen LogP contribution >= 0.6 is 0 Å². The van der Waals surface area contributed by atoms with Crippen molar-refractivity contribution in [3.05, 3.63) is 11.8 Å². The van der Waals surface area contributed by atoms with E-state index in [9.17, 15) is 4.79 Å². The first-order valence-electron chi connectivity index (χ1n) is 5.36. The molecule has 0 aliphatic carbocycles. The first-order valence-corrected chi connectivity index (χ1v) is 5.36. The lowest BCUT2D eigenvalue weighted by atomic mass is 10.2. The van der Waals surface area contributed by atoms with Gasteiger partial charge in [0.2, 0.25) is 0 Å². The molecule has 76 valence electrons. The zero-order chi connectivity index (χ0) is 9.80. The average molecular weight is 192 g/mol. The van der Waals surface area contributed by atoms with E-state index in [1.165, 1.54) is 25.7 Å². The minimum absolute atomic E-state index is 0.740. The van der Waals surface area contributed by atoms with Gasteiger partial charge in [-0.15, -0.1) is 0 Å². The van der Waals surface area contributed by atoms with Gasteiger partial charge in [-0.3, -0.25) is 4.79 Å². The minimum Gasteiger partial charge on any atom is -0.360 e. The molecule has 0 aromatic rings. The zero-order valence-electron chi connectivity index (χ0n) is 8.41. The van der Waals surface area contributed by atoms with Gasteiger partial charge in [-0.05, 0) is 12.8 Å². The number of nitrogens with zero attached hydrogens (tertiary/aromatic N) is 2. The number of aliphatic imine (C=N–C) groups is 1. The summed E-state index contributed by atoms with van der Waals surface area (Å²) in [5, 5.41) is 0. The Hall–Kier alpha value is -1.12. The van der Waals surface area contributed by atoms with Gasteiger partial charge in [0.15, 0.2) is 0 Å². The molecule has 2 aliphatic heterocycles. The van der Waals surface area contributed by atoms with Crippen LogP contribution in [-0.4, -0.2) is 30.1 Å². The average Bonchev–Trinajstić information content (AvgIpc) is 2.53. The van der Waals surface area contributed by atoms with Crippen LogP contribution in [0.25, 0.3) is 0 Å². The predicted octanol–water partition coefficient (Wildman–Crippen LogP) is 1.75. The Labute approximate surface area is 84.5 Å². The van der Waals surface area contributed by atoms with Gasteiger partial charge in [0, 0.05) is 31.3 Å². The van der Waals surface area contributed by atoms with Gasteiger partial charge in [0.05, 0.1) is 0 Å². The number of amidine groups is 1. The zero-order valence-corrected chi connectivity index (χ0v) is 8.41. The third-order valence-corrected chi connectivity index (χ3v) is 2.86. The Morgan fingerprint density at radius 2 is 1.93 bits per heavy atom. The lowest BCUT2D eigenvalue weighted by Gasteiger charge is -2.22. The number of aldehydes is 1. The van der Waals surface area contributed by atoms with Crippen molar-refractivity contribution in [2.24, 2.45) is 4.99 Å². The van der Waals surface area contributed by atoms with Crippen molar-refractivity contribution >= 4 is 12.1 Å². The number of carbonyl (C=O) groups is 1. The van der Waals surface area contributed by atoms with Crippen LogP contribution in [0, 0.1) is 0 Å². The van der Waals surface area contributed by atoms with Crippen molar-refractivity contribution in [2.45, 2.75) is 32.1 Å². The summed E-state index contributed by atoms with van der Waals surface area (Å²) < 4.78 is 0. The van der Waals surface area contributed by atoms with Crippen LogP contribution in [0.4, 0.5) is 0 Å². The Kier molecular flexibility index (Phi) is 2.96. The van der Waals surface area contributed by atoms with Crippen LogP contribution in [0.15, 0.2) is 16.8 Å². The molecule has 0 aromatic heterocycles. The predicted molar refractivity (Wildman–Crippen MR) is 56.2 cm³/mol. The van der Waals surface area contributed by atoms with E-state index in [0.717, 1.165) is 37.2 Å². The molecular formula is C11H16N2O. The fourth-order valence-corrected chi connectivity index (χ4v) is 2.03. The summed E-state index contributed by atoms with van der Waals surface area (Å²) in [6, 6.07) is 0. The van der Waals surface area contributed by atoms with Gasteiger partial charge in [0.25, 0.3) is 0 Å². The van der Waals surface area contributed by atoms with E-state index in [0.29, 0.717) is 0 Å². The molecule has 0 bridgehead atoms. The summed E-state index contributed by atoms with van der Waals surface area (Å²) in [5.41, 5.74) is 0.809. The largest absolute Gasteiger partial charge is 0.360 e. The van der Waals surface area contributed by atoms with E-state index < -0.39 is 0 Å². The first kappa shape index (κ1) is 9.44. The van der Waals surface area contributed by atoms with E-state index in [2.05, 4.69) is 9.89 Å². The topological polar surface area (TPSA) is 32.7 Å². The number of rotatable bonds is 1. The molecule has 0 unspecified atom stereocenters.